The third kappa shape index (κ3) is 5.61. The van der Waals surface area contributed by atoms with E-state index in [1.165, 1.54) is 0 Å². The van der Waals surface area contributed by atoms with E-state index in [2.05, 4.69) is 16.9 Å². The molecule has 2 N–H and O–H groups in total. The Morgan fingerprint density at radius 2 is 2.24 bits per heavy atom. The maximum Gasteiger partial charge on any atom is 0.170 e. The number of aryl methyl sites for hydroxylation is 1. The van der Waals surface area contributed by atoms with E-state index in [9.17, 15) is 0 Å². The van der Waals surface area contributed by atoms with Crippen LogP contribution in [0.4, 0.5) is 5.69 Å². The van der Waals surface area contributed by atoms with Crippen LogP contribution in [-0.4, -0.2) is 23.7 Å². The topological polar surface area (TPSA) is 24.1 Å². The molecule has 94 valence electrons. The Kier molecular flexibility index (Phi) is 6.70. The maximum atomic E-state index is 5.94. The van der Waals surface area contributed by atoms with Gasteiger partial charge in [-0.15, -0.1) is 0 Å². The predicted octanol–water partition coefficient (Wildman–Crippen LogP) is 3.69. The van der Waals surface area contributed by atoms with Gasteiger partial charge < -0.3 is 10.6 Å². The quantitative estimate of drug-likeness (QED) is 0.637. The van der Waals surface area contributed by atoms with Crippen molar-refractivity contribution in [3.05, 3.63) is 28.8 Å². The van der Waals surface area contributed by atoms with Gasteiger partial charge in [-0.1, -0.05) is 17.7 Å². The van der Waals surface area contributed by atoms with E-state index in [1.807, 2.05) is 36.9 Å². The molecule has 5 heteroatoms. The van der Waals surface area contributed by atoms with Gasteiger partial charge in [-0.3, -0.25) is 0 Å². The van der Waals surface area contributed by atoms with Gasteiger partial charge in [-0.25, -0.2) is 0 Å². The van der Waals surface area contributed by atoms with Crippen LogP contribution in [0.5, 0.6) is 0 Å². The van der Waals surface area contributed by atoms with Gasteiger partial charge in [0, 0.05) is 17.3 Å². The average Bonchev–Trinajstić information content (AvgIpc) is 2.29. The summed E-state index contributed by atoms with van der Waals surface area (Å²) in [6, 6.07) is 5.73. The average molecular weight is 289 g/mol. The molecule has 17 heavy (non-hydrogen) atoms. The van der Waals surface area contributed by atoms with Crippen molar-refractivity contribution in [2.75, 3.05) is 23.9 Å². The van der Waals surface area contributed by atoms with Crippen molar-refractivity contribution in [1.82, 2.24) is 5.32 Å². The minimum Gasteiger partial charge on any atom is -0.362 e. The van der Waals surface area contributed by atoms with E-state index in [0.29, 0.717) is 10.1 Å². The molecule has 0 spiro atoms. The van der Waals surface area contributed by atoms with Crippen LogP contribution in [0, 0.1) is 6.92 Å². The lowest BCUT2D eigenvalue weighted by molar-refractivity contribution is 0.855. The van der Waals surface area contributed by atoms with Crippen molar-refractivity contribution in [3.63, 3.8) is 0 Å². The fraction of sp³-hybridized carbons (Fsp3) is 0.417. The highest BCUT2D eigenvalue weighted by Gasteiger charge is 2.01. The van der Waals surface area contributed by atoms with E-state index in [-0.39, 0.29) is 0 Å². The number of benzene rings is 1. The molecular weight excluding hydrogens is 272 g/mol. The molecule has 0 aliphatic heterocycles. The normalized spacial score (nSPS) is 10.1. The van der Waals surface area contributed by atoms with Crippen LogP contribution in [0.2, 0.25) is 5.02 Å². The molecule has 0 heterocycles. The Morgan fingerprint density at radius 3 is 2.94 bits per heavy atom. The summed E-state index contributed by atoms with van der Waals surface area (Å²) in [5.41, 5.74) is 2.09. The van der Waals surface area contributed by atoms with Crippen molar-refractivity contribution in [1.29, 1.82) is 0 Å². The highest BCUT2D eigenvalue weighted by atomic mass is 35.5. The molecule has 0 radical (unpaired) electrons. The number of nitrogens with one attached hydrogen (secondary N) is 2. The van der Waals surface area contributed by atoms with E-state index in [0.717, 1.165) is 30.0 Å². The fourth-order valence-corrected chi connectivity index (χ4v) is 2.13. The minimum atomic E-state index is 0.650. The first-order valence-electron chi connectivity index (χ1n) is 5.43. The molecule has 2 nitrogen and oxygen atoms in total. The first-order chi connectivity index (χ1) is 8.13. The van der Waals surface area contributed by atoms with Gasteiger partial charge in [0.05, 0.1) is 0 Å². The van der Waals surface area contributed by atoms with E-state index in [1.54, 1.807) is 0 Å². The molecule has 0 fully saturated rings. The molecule has 0 bridgehead atoms. The van der Waals surface area contributed by atoms with Crippen LogP contribution in [0.15, 0.2) is 18.2 Å². The maximum absolute atomic E-state index is 5.94. The molecule has 1 aromatic carbocycles. The number of hydrogen-bond acceptors (Lipinski definition) is 2. The second kappa shape index (κ2) is 7.80. The summed E-state index contributed by atoms with van der Waals surface area (Å²) in [4.78, 5) is 0. The summed E-state index contributed by atoms with van der Waals surface area (Å²) in [6.07, 6.45) is 3.21. The van der Waals surface area contributed by atoms with Gasteiger partial charge in [-0.05, 0) is 55.3 Å². The molecule has 1 aromatic rings. The zero-order valence-electron chi connectivity index (χ0n) is 10.0. The number of hydrogen-bond donors (Lipinski definition) is 2. The second-order valence-electron chi connectivity index (χ2n) is 3.69. The van der Waals surface area contributed by atoms with Gasteiger partial charge in [0.15, 0.2) is 5.11 Å². The van der Waals surface area contributed by atoms with Crippen molar-refractivity contribution < 1.29 is 0 Å². The van der Waals surface area contributed by atoms with Crippen LogP contribution in [-0.2, 0) is 0 Å². The monoisotopic (exact) mass is 288 g/mol. The predicted molar refractivity (Wildman–Crippen MR) is 83.4 cm³/mol. The number of halogens is 1. The SMILES string of the molecule is CSCCCNC(=S)Nc1cc(Cl)ccc1C. The zero-order valence-corrected chi connectivity index (χ0v) is 12.4. The molecule has 0 atom stereocenters. The van der Waals surface area contributed by atoms with Crippen LogP contribution >= 0.6 is 35.6 Å². The summed E-state index contributed by atoms with van der Waals surface area (Å²) in [7, 11) is 0. The smallest absolute Gasteiger partial charge is 0.170 e. The summed E-state index contributed by atoms with van der Waals surface area (Å²) in [6.45, 7) is 2.92. The lowest BCUT2D eigenvalue weighted by Gasteiger charge is -2.12. The van der Waals surface area contributed by atoms with E-state index in [4.69, 9.17) is 23.8 Å². The summed E-state index contributed by atoms with van der Waals surface area (Å²) in [5, 5.41) is 7.69. The molecule has 0 aromatic heterocycles. The number of rotatable bonds is 5. The van der Waals surface area contributed by atoms with Crippen LogP contribution in [0.3, 0.4) is 0 Å². The Balaban J connectivity index is 2.42. The molecule has 0 aliphatic carbocycles. The molecular formula is C12H17ClN2S2. The highest BCUT2D eigenvalue weighted by molar-refractivity contribution is 7.98. The summed E-state index contributed by atoms with van der Waals surface area (Å²) in [5.74, 6) is 1.14. The number of thiocarbonyl (C=S) groups is 1. The van der Waals surface area contributed by atoms with Gasteiger partial charge in [-0.2, -0.15) is 11.8 Å². The molecule has 0 saturated carbocycles. The third-order valence-corrected chi connectivity index (χ3v) is 3.44. The van der Waals surface area contributed by atoms with Crippen molar-refractivity contribution >= 4 is 46.4 Å². The Labute approximate surface area is 118 Å². The zero-order chi connectivity index (χ0) is 12.7. The highest BCUT2D eigenvalue weighted by Crippen LogP contribution is 2.19. The molecule has 0 aliphatic rings. The van der Waals surface area contributed by atoms with Crippen LogP contribution in [0.25, 0.3) is 0 Å². The van der Waals surface area contributed by atoms with Crippen molar-refractivity contribution in [3.8, 4) is 0 Å². The Bertz CT molecular complexity index is 383. The lowest BCUT2D eigenvalue weighted by atomic mass is 10.2. The first kappa shape index (κ1) is 14.6. The van der Waals surface area contributed by atoms with Crippen molar-refractivity contribution in [2.24, 2.45) is 0 Å². The molecule has 1 rings (SSSR count). The number of thioether (sulfide) groups is 1. The molecule has 0 saturated heterocycles. The minimum absolute atomic E-state index is 0.650. The second-order valence-corrected chi connectivity index (χ2v) is 5.52. The molecule has 0 unspecified atom stereocenters. The summed E-state index contributed by atoms with van der Waals surface area (Å²) < 4.78 is 0. The van der Waals surface area contributed by atoms with Crippen molar-refractivity contribution in [2.45, 2.75) is 13.3 Å². The van der Waals surface area contributed by atoms with Gasteiger partial charge in [0.2, 0.25) is 0 Å². The lowest BCUT2D eigenvalue weighted by Crippen LogP contribution is -2.29. The van der Waals surface area contributed by atoms with Gasteiger partial charge >= 0.3 is 0 Å². The standard InChI is InChI=1S/C12H17ClN2S2/c1-9-4-5-10(13)8-11(9)15-12(16)14-6-3-7-17-2/h4-5,8H,3,6-7H2,1-2H3,(H2,14,15,16). The largest absolute Gasteiger partial charge is 0.362 e. The van der Waals surface area contributed by atoms with Crippen LogP contribution < -0.4 is 10.6 Å². The van der Waals surface area contributed by atoms with E-state index >= 15 is 0 Å². The number of anilines is 1. The van der Waals surface area contributed by atoms with Crippen LogP contribution in [0.1, 0.15) is 12.0 Å². The summed E-state index contributed by atoms with van der Waals surface area (Å²) >= 11 is 13.0. The van der Waals surface area contributed by atoms with Gasteiger partial charge in [0.25, 0.3) is 0 Å². The Hall–Kier alpha value is -0.450. The first-order valence-corrected chi connectivity index (χ1v) is 7.61. The third-order valence-electron chi connectivity index (χ3n) is 2.26. The van der Waals surface area contributed by atoms with Gasteiger partial charge in [0.1, 0.15) is 0 Å². The fourth-order valence-electron chi connectivity index (χ4n) is 1.31. The van der Waals surface area contributed by atoms with E-state index < -0.39 is 0 Å². The molecule has 0 amide bonds. The Morgan fingerprint density at radius 1 is 1.47 bits per heavy atom.